The van der Waals surface area contributed by atoms with Crippen LogP contribution in [0.5, 0.6) is 0 Å². The second-order valence-electron chi connectivity index (χ2n) is 4.87. The third-order valence-corrected chi connectivity index (χ3v) is 3.52. The van der Waals surface area contributed by atoms with E-state index < -0.39 is 18.0 Å². The van der Waals surface area contributed by atoms with Gasteiger partial charge in [0, 0.05) is 5.92 Å². The van der Waals surface area contributed by atoms with E-state index in [2.05, 4.69) is 15.5 Å². The van der Waals surface area contributed by atoms with Gasteiger partial charge in [0.25, 0.3) is 0 Å². The Labute approximate surface area is 109 Å². The molecule has 4 nitrogen and oxygen atoms in total. The minimum Gasteiger partial charge on any atom is -0.339 e. The molecule has 1 fully saturated rings. The zero-order chi connectivity index (χ0) is 13.9. The number of hydrogen-bond donors (Lipinski definition) is 1. The van der Waals surface area contributed by atoms with Gasteiger partial charge in [-0.15, -0.1) is 0 Å². The summed E-state index contributed by atoms with van der Waals surface area (Å²) in [5.74, 6) is -1.48. The Balaban J connectivity index is 2.11. The van der Waals surface area contributed by atoms with Crippen LogP contribution >= 0.6 is 0 Å². The minimum atomic E-state index is -4.19. The normalized spacial score (nSPS) is 24.6. The molecule has 0 amide bonds. The maximum atomic E-state index is 13.0. The molecule has 1 aromatic heterocycles. The average Bonchev–Trinajstić information content (AvgIpc) is 2.84. The van der Waals surface area contributed by atoms with Crippen molar-refractivity contribution in [2.45, 2.75) is 51.2 Å². The fourth-order valence-corrected chi connectivity index (χ4v) is 2.54. The van der Waals surface area contributed by atoms with Gasteiger partial charge in [0.15, 0.2) is 5.82 Å². The molecule has 2 unspecified atom stereocenters. The van der Waals surface area contributed by atoms with E-state index in [1.165, 1.54) is 0 Å². The molecule has 0 aromatic carbocycles. The van der Waals surface area contributed by atoms with Crippen molar-refractivity contribution in [1.82, 2.24) is 15.5 Å². The third-order valence-electron chi connectivity index (χ3n) is 3.52. The quantitative estimate of drug-likeness (QED) is 0.919. The fourth-order valence-electron chi connectivity index (χ4n) is 2.54. The summed E-state index contributed by atoms with van der Waals surface area (Å²) in [6, 6.07) is 0. The van der Waals surface area contributed by atoms with Crippen LogP contribution in [0, 0.1) is 5.92 Å². The van der Waals surface area contributed by atoms with Gasteiger partial charge in [-0.05, 0) is 19.4 Å². The van der Waals surface area contributed by atoms with Crippen LogP contribution in [0.2, 0.25) is 0 Å². The van der Waals surface area contributed by atoms with Crippen LogP contribution in [0.15, 0.2) is 4.52 Å². The molecule has 1 aromatic rings. The Morgan fingerprint density at radius 3 is 2.74 bits per heavy atom. The molecule has 0 aliphatic heterocycles. The lowest BCUT2D eigenvalue weighted by atomic mass is 9.78. The number of aromatic nitrogens is 2. The van der Waals surface area contributed by atoms with Crippen molar-refractivity contribution in [2.75, 3.05) is 6.54 Å². The maximum Gasteiger partial charge on any atom is 0.392 e. The van der Waals surface area contributed by atoms with Gasteiger partial charge in [0.05, 0.1) is 12.5 Å². The van der Waals surface area contributed by atoms with Crippen molar-refractivity contribution in [3.63, 3.8) is 0 Å². The Morgan fingerprint density at radius 1 is 1.32 bits per heavy atom. The summed E-state index contributed by atoms with van der Waals surface area (Å²) in [4.78, 5) is 4.09. The summed E-state index contributed by atoms with van der Waals surface area (Å²) >= 11 is 0. The van der Waals surface area contributed by atoms with Gasteiger partial charge in [-0.2, -0.15) is 18.2 Å². The zero-order valence-electron chi connectivity index (χ0n) is 10.8. The average molecular weight is 277 g/mol. The van der Waals surface area contributed by atoms with Gasteiger partial charge in [0.1, 0.15) is 0 Å². The third kappa shape index (κ3) is 3.46. The summed E-state index contributed by atoms with van der Waals surface area (Å²) in [5.41, 5.74) is 0. The molecule has 0 saturated heterocycles. The van der Waals surface area contributed by atoms with Crippen LogP contribution in [0.3, 0.4) is 0 Å². The first-order chi connectivity index (χ1) is 9.02. The number of hydrogen-bond acceptors (Lipinski definition) is 4. The Bertz CT molecular complexity index is 405. The van der Waals surface area contributed by atoms with Crippen molar-refractivity contribution in [2.24, 2.45) is 5.92 Å². The number of nitrogens with one attached hydrogen (secondary N) is 1. The highest BCUT2D eigenvalue weighted by Gasteiger charge is 2.47. The van der Waals surface area contributed by atoms with Gasteiger partial charge in [-0.3, -0.25) is 0 Å². The predicted molar refractivity (Wildman–Crippen MR) is 62.4 cm³/mol. The molecule has 108 valence electrons. The molecule has 1 heterocycles. The molecule has 19 heavy (non-hydrogen) atoms. The molecule has 7 heteroatoms. The lowest BCUT2D eigenvalue weighted by molar-refractivity contribution is -0.189. The first kappa shape index (κ1) is 14.3. The summed E-state index contributed by atoms with van der Waals surface area (Å²) in [5, 5.41) is 6.74. The van der Waals surface area contributed by atoms with Gasteiger partial charge < -0.3 is 9.84 Å². The monoisotopic (exact) mass is 277 g/mol. The maximum absolute atomic E-state index is 13.0. The van der Waals surface area contributed by atoms with Crippen molar-refractivity contribution in [3.05, 3.63) is 11.7 Å². The van der Waals surface area contributed by atoms with Crippen molar-refractivity contribution in [3.8, 4) is 0 Å². The van der Waals surface area contributed by atoms with Gasteiger partial charge in [0.2, 0.25) is 5.89 Å². The number of rotatable bonds is 4. The van der Waals surface area contributed by atoms with E-state index in [4.69, 9.17) is 4.52 Å². The molecule has 0 bridgehead atoms. The van der Waals surface area contributed by atoms with Crippen LogP contribution in [0.1, 0.15) is 50.2 Å². The van der Waals surface area contributed by atoms with Gasteiger partial charge >= 0.3 is 6.18 Å². The highest BCUT2D eigenvalue weighted by Crippen LogP contribution is 2.45. The second-order valence-corrected chi connectivity index (χ2v) is 4.87. The van der Waals surface area contributed by atoms with Crippen LogP contribution in [0.25, 0.3) is 0 Å². The number of halogens is 3. The molecular weight excluding hydrogens is 259 g/mol. The Morgan fingerprint density at radius 2 is 2.05 bits per heavy atom. The van der Waals surface area contributed by atoms with Crippen molar-refractivity contribution in [1.29, 1.82) is 0 Å². The lowest BCUT2D eigenvalue weighted by Crippen LogP contribution is -2.31. The molecule has 0 radical (unpaired) electrons. The SMILES string of the molecule is CCNCc1noc(C2CCCCC2C(F)(F)F)n1. The summed E-state index contributed by atoms with van der Waals surface area (Å²) < 4.78 is 44.0. The molecule has 1 N–H and O–H groups in total. The van der Waals surface area contributed by atoms with Crippen LogP contribution < -0.4 is 5.32 Å². The summed E-state index contributed by atoms with van der Waals surface area (Å²) in [6.07, 6.45) is -2.19. The van der Waals surface area contributed by atoms with E-state index in [1.54, 1.807) is 0 Å². The predicted octanol–water partition coefficient (Wildman–Crippen LogP) is 3.02. The van der Waals surface area contributed by atoms with Gasteiger partial charge in [-0.25, -0.2) is 0 Å². The Kier molecular flexibility index (Phi) is 4.44. The van der Waals surface area contributed by atoms with E-state index >= 15 is 0 Å². The fraction of sp³-hybridized carbons (Fsp3) is 0.833. The number of nitrogens with zero attached hydrogens (tertiary/aromatic N) is 2. The smallest absolute Gasteiger partial charge is 0.339 e. The standard InChI is InChI=1S/C12H18F3N3O/c1-2-16-7-10-17-11(19-18-10)8-5-3-4-6-9(8)12(13,14)15/h8-9,16H,2-7H2,1H3. The highest BCUT2D eigenvalue weighted by molar-refractivity contribution is 5.00. The first-order valence-electron chi connectivity index (χ1n) is 6.62. The first-order valence-corrected chi connectivity index (χ1v) is 6.62. The molecule has 1 saturated carbocycles. The minimum absolute atomic E-state index is 0.134. The van der Waals surface area contributed by atoms with Crippen LogP contribution in [-0.2, 0) is 6.54 Å². The lowest BCUT2D eigenvalue weighted by Gasteiger charge is -2.30. The van der Waals surface area contributed by atoms with Crippen molar-refractivity contribution >= 4 is 0 Å². The number of alkyl halides is 3. The summed E-state index contributed by atoms with van der Waals surface area (Å²) in [7, 11) is 0. The van der Waals surface area contributed by atoms with Gasteiger partial charge in [-0.1, -0.05) is 24.9 Å². The highest BCUT2D eigenvalue weighted by atomic mass is 19.4. The molecule has 1 aliphatic carbocycles. The van der Waals surface area contributed by atoms with Crippen molar-refractivity contribution < 1.29 is 17.7 Å². The van der Waals surface area contributed by atoms with E-state index in [0.29, 0.717) is 25.2 Å². The molecule has 2 atom stereocenters. The zero-order valence-corrected chi connectivity index (χ0v) is 10.8. The second kappa shape index (κ2) is 5.90. The van der Waals surface area contributed by atoms with E-state index in [1.807, 2.05) is 6.92 Å². The summed E-state index contributed by atoms with van der Waals surface area (Å²) in [6.45, 7) is 3.10. The molecule has 2 rings (SSSR count). The topological polar surface area (TPSA) is 51.0 Å². The van der Waals surface area contributed by atoms with E-state index in [9.17, 15) is 13.2 Å². The van der Waals surface area contributed by atoms with E-state index in [-0.39, 0.29) is 12.3 Å². The molecular formula is C12H18F3N3O. The van der Waals surface area contributed by atoms with Crippen LogP contribution in [0.4, 0.5) is 13.2 Å². The largest absolute Gasteiger partial charge is 0.392 e. The van der Waals surface area contributed by atoms with E-state index in [0.717, 1.165) is 13.0 Å². The molecule has 0 spiro atoms. The van der Waals surface area contributed by atoms with Crippen LogP contribution in [-0.4, -0.2) is 22.9 Å². The molecule has 1 aliphatic rings. The Hall–Kier alpha value is -1.11.